The van der Waals surface area contributed by atoms with Crippen molar-refractivity contribution >= 4 is 17.7 Å². The number of esters is 1. The summed E-state index contributed by atoms with van der Waals surface area (Å²) in [7, 11) is 0. The molecule has 3 rings (SSSR count). The van der Waals surface area contributed by atoms with Crippen LogP contribution in [0.3, 0.4) is 0 Å². The maximum absolute atomic E-state index is 11.9. The summed E-state index contributed by atoms with van der Waals surface area (Å²) in [6, 6.07) is 15.8. The number of ether oxygens (including phenoxy) is 1. The zero-order valence-electron chi connectivity index (χ0n) is 14.8. The first-order valence-corrected chi connectivity index (χ1v) is 9.34. The second-order valence-electron chi connectivity index (χ2n) is 5.87. The Morgan fingerprint density at radius 1 is 1.08 bits per heavy atom. The Morgan fingerprint density at radius 3 is 2.65 bits per heavy atom. The molecular formula is C20H20N2O3S. The first-order valence-electron chi connectivity index (χ1n) is 8.35. The van der Waals surface area contributed by atoms with Gasteiger partial charge in [-0.3, -0.25) is 4.79 Å². The molecule has 0 aliphatic heterocycles. The van der Waals surface area contributed by atoms with Crippen LogP contribution in [0, 0.1) is 13.8 Å². The van der Waals surface area contributed by atoms with Crippen LogP contribution in [0.2, 0.25) is 0 Å². The molecule has 0 fully saturated rings. The molecule has 5 nitrogen and oxygen atoms in total. The number of benzene rings is 2. The minimum Gasteiger partial charge on any atom is -0.456 e. The Balaban J connectivity index is 1.43. The van der Waals surface area contributed by atoms with E-state index in [1.165, 1.54) is 11.1 Å². The molecule has 2 aromatic carbocycles. The summed E-state index contributed by atoms with van der Waals surface area (Å²) in [4.78, 5) is 13.0. The predicted octanol–water partition coefficient (Wildman–Crippen LogP) is 4.58. The lowest BCUT2D eigenvalue weighted by molar-refractivity contribution is -0.145. The summed E-state index contributed by atoms with van der Waals surface area (Å²) in [5.41, 5.74) is 3.36. The number of hydrogen-bond acceptors (Lipinski definition) is 6. The average molecular weight is 368 g/mol. The van der Waals surface area contributed by atoms with Crippen molar-refractivity contribution in [1.29, 1.82) is 0 Å². The SMILES string of the molecule is Cc1ccc(SCCC(=O)OCc2nnc(-c3ccccc3)o2)cc1C. The number of hydrogen-bond donors (Lipinski definition) is 0. The van der Waals surface area contributed by atoms with Crippen molar-refractivity contribution in [1.82, 2.24) is 10.2 Å². The molecule has 0 atom stereocenters. The second-order valence-corrected chi connectivity index (χ2v) is 7.04. The highest BCUT2D eigenvalue weighted by Crippen LogP contribution is 2.22. The Bertz CT molecular complexity index is 878. The number of aryl methyl sites for hydroxylation is 2. The lowest BCUT2D eigenvalue weighted by Crippen LogP contribution is -2.05. The summed E-state index contributed by atoms with van der Waals surface area (Å²) in [6.07, 6.45) is 0.331. The highest BCUT2D eigenvalue weighted by molar-refractivity contribution is 7.99. The van der Waals surface area contributed by atoms with Gasteiger partial charge in [0, 0.05) is 16.2 Å². The maximum Gasteiger partial charge on any atom is 0.307 e. The van der Waals surface area contributed by atoms with E-state index in [4.69, 9.17) is 9.15 Å². The molecule has 0 N–H and O–H groups in total. The number of aromatic nitrogens is 2. The Morgan fingerprint density at radius 2 is 1.88 bits per heavy atom. The molecule has 0 saturated carbocycles. The van der Waals surface area contributed by atoms with Crippen LogP contribution in [0.15, 0.2) is 57.8 Å². The summed E-state index contributed by atoms with van der Waals surface area (Å²) in [6.45, 7) is 4.16. The molecule has 134 valence electrons. The van der Waals surface area contributed by atoms with E-state index >= 15 is 0 Å². The van der Waals surface area contributed by atoms with Crippen LogP contribution >= 0.6 is 11.8 Å². The Kier molecular flexibility index (Phi) is 6.07. The summed E-state index contributed by atoms with van der Waals surface area (Å²) in [5.74, 6) is 1.10. The van der Waals surface area contributed by atoms with Crippen LogP contribution in [0.4, 0.5) is 0 Å². The fraction of sp³-hybridized carbons (Fsp3) is 0.250. The van der Waals surface area contributed by atoms with E-state index in [-0.39, 0.29) is 12.6 Å². The molecule has 0 radical (unpaired) electrons. The van der Waals surface area contributed by atoms with Crippen molar-refractivity contribution in [2.24, 2.45) is 0 Å². The molecule has 0 bridgehead atoms. The number of thioether (sulfide) groups is 1. The number of rotatable bonds is 7. The van der Waals surface area contributed by atoms with Gasteiger partial charge in [0.25, 0.3) is 5.89 Å². The van der Waals surface area contributed by atoms with Gasteiger partial charge in [0.15, 0.2) is 6.61 Å². The van der Waals surface area contributed by atoms with Crippen LogP contribution in [0.25, 0.3) is 11.5 Å². The average Bonchev–Trinajstić information content (AvgIpc) is 3.13. The largest absolute Gasteiger partial charge is 0.456 e. The molecular weight excluding hydrogens is 348 g/mol. The smallest absolute Gasteiger partial charge is 0.307 e. The maximum atomic E-state index is 11.9. The van der Waals surface area contributed by atoms with E-state index in [0.717, 1.165) is 10.5 Å². The second kappa shape index (κ2) is 8.67. The molecule has 6 heteroatoms. The first-order chi connectivity index (χ1) is 12.6. The first kappa shape index (κ1) is 18.2. The van der Waals surface area contributed by atoms with Gasteiger partial charge in [-0.05, 0) is 49.2 Å². The normalized spacial score (nSPS) is 10.7. The molecule has 0 unspecified atom stereocenters. The number of carbonyl (C=O) groups excluding carboxylic acids is 1. The predicted molar refractivity (Wildman–Crippen MR) is 101 cm³/mol. The van der Waals surface area contributed by atoms with Gasteiger partial charge in [-0.2, -0.15) is 0 Å². The van der Waals surface area contributed by atoms with Crippen molar-refractivity contribution in [3.05, 3.63) is 65.5 Å². The van der Waals surface area contributed by atoms with Gasteiger partial charge in [-0.1, -0.05) is 24.3 Å². The number of nitrogens with zero attached hydrogens (tertiary/aromatic N) is 2. The molecule has 1 heterocycles. The highest BCUT2D eigenvalue weighted by Gasteiger charge is 2.11. The van der Waals surface area contributed by atoms with Gasteiger partial charge in [-0.25, -0.2) is 0 Å². The van der Waals surface area contributed by atoms with Gasteiger partial charge in [0.2, 0.25) is 5.89 Å². The molecule has 0 aliphatic rings. The fourth-order valence-corrected chi connectivity index (χ4v) is 3.21. The van der Waals surface area contributed by atoms with Crippen LogP contribution in [-0.2, 0) is 16.1 Å². The van der Waals surface area contributed by atoms with Crippen LogP contribution in [0.5, 0.6) is 0 Å². The van der Waals surface area contributed by atoms with Crippen molar-refractivity contribution in [3.8, 4) is 11.5 Å². The van der Waals surface area contributed by atoms with Crippen LogP contribution < -0.4 is 0 Å². The molecule has 0 amide bonds. The molecule has 26 heavy (non-hydrogen) atoms. The summed E-state index contributed by atoms with van der Waals surface area (Å²) >= 11 is 1.64. The third-order valence-electron chi connectivity index (χ3n) is 3.90. The third-order valence-corrected chi connectivity index (χ3v) is 4.89. The van der Waals surface area contributed by atoms with Crippen molar-refractivity contribution in [2.75, 3.05) is 5.75 Å². The summed E-state index contributed by atoms with van der Waals surface area (Å²) in [5, 5.41) is 7.88. The van der Waals surface area contributed by atoms with Crippen molar-refractivity contribution in [2.45, 2.75) is 31.8 Å². The van der Waals surface area contributed by atoms with Crippen molar-refractivity contribution < 1.29 is 13.9 Å². The van der Waals surface area contributed by atoms with E-state index in [0.29, 0.717) is 24.0 Å². The minimum absolute atomic E-state index is 0.00697. The fourth-order valence-electron chi connectivity index (χ4n) is 2.28. The van der Waals surface area contributed by atoms with Gasteiger partial charge >= 0.3 is 5.97 Å². The van der Waals surface area contributed by atoms with Gasteiger partial charge in [0.05, 0.1) is 6.42 Å². The molecule has 3 aromatic rings. The van der Waals surface area contributed by atoms with Gasteiger partial charge in [0.1, 0.15) is 0 Å². The third kappa shape index (κ3) is 4.95. The topological polar surface area (TPSA) is 65.2 Å². The van der Waals surface area contributed by atoms with Crippen LogP contribution in [0.1, 0.15) is 23.4 Å². The van der Waals surface area contributed by atoms with Crippen molar-refractivity contribution in [3.63, 3.8) is 0 Å². The van der Waals surface area contributed by atoms with E-state index in [2.05, 4.69) is 42.2 Å². The molecule has 1 aromatic heterocycles. The quantitative estimate of drug-likeness (QED) is 0.449. The van der Waals surface area contributed by atoms with Gasteiger partial charge in [-0.15, -0.1) is 22.0 Å². The molecule has 0 saturated heterocycles. The van der Waals surface area contributed by atoms with E-state index < -0.39 is 0 Å². The van der Waals surface area contributed by atoms with E-state index in [9.17, 15) is 4.79 Å². The Labute approximate surface area is 156 Å². The minimum atomic E-state index is -0.277. The summed E-state index contributed by atoms with van der Waals surface area (Å²) < 4.78 is 10.7. The highest BCUT2D eigenvalue weighted by atomic mass is 32.2. The lowest BCUT2D eigenvalue weighted by atomic mass is 10.1. The van der Waals surface area contributed by atoms with E-state index in [1.54, 1.807) is 11.8 Å². The lowest BCUT2D eigenvalue weighted by Gasteiger charge is -2.05. The van der Waals surface area contributed by atoms with Gasteiger partial charge < -0.3 is 9.15 Å². The zero-order chi connectivity index (χ0) is 18.4. The zero-order valence-corrected chi connectivity index (χ0v) is 15.6. The molecule has 0 aliphatic carbocycles. The standard InChI is InChI=1S/C20H20N2O3S/c1-14-8-9-17(12-15(14)2)26-11-10-19(23)24-13-18-21-22-20(25-18)16-6-4-3-5-7-16/h3-9,12H,10-11,13H2,1-2H3. The van der Waals surface area contributed by atoms with E-state index in [1.807, 2.05) is 30.3 Å². The number of carbonyl (C=O) groups is 1. The monoisotopic (exact) mass is 368 g/mol. The Hall–Kier alpha value is -2.60. The van der Waals surface area contributed by atoms with Crippen LogP contribution in [-0.4, -0.2) is 21.9 Å². The molecule has 0 spiro atoms.